The maximum absolute atomic E-state index is 5.90. The number of ether oxygens (including phenoxy) is 3. The maximum Gasteiger partial charge on any atom is 0.191 e. The van der Waals surface area contributed by atoms with Crippen molar-refractivity contribution in [1.82, 2.24) is 10.6 Å². The van der Waals surface area contributed by atoms with Gasteiger partial charge in [0.2, 0.25) is 0 Å². The molecule has 3 atom stereocenters. The number of guanidine groups is 1. The van der Waals surface area contributed by atoms with Gasteiger partial charge in [0.05, 0.1) is 38.1 Å². The van der Waals surface area contributed by atoms with Crippen LogP contribution in [0.2, 0.25) is 0 Å². The number of rotatable bonds is 9. The Bertz CT molecular complexity index is 593. The first-order chi connectivity index (χ1) is 12.8. The summed E-state index contributed by atoms with van der Waals surface area (Å²) in [5.41, 5.74) is 2.38. The maximum atomic E-state index is 5.90. The third kappa shape index (κ3) is 5.43. The standard InChI is InChI=1S/C20H31N3O3/c1-3-24-9-10-25-14-16-6-4-5-15(11-16)13-22-20(21-2)23-18-12-17-7-8-19(18)26-17/h4-6,11,17-19H,3,7-10,12-14H2,1-2H3,(H2,21,22,23). The summed E-state index contributed by atoms with van der Waals surface area (Å²) in [7, 11) is 1.81. The first-order valence-electron chi connectivity index (χ1n) is 9.64. The lowest BCUT2D eigenvalue weighted by Crippen LogP contribution is -2.47. The molecule has 2 saturated heterocycles. The lowest BCUT2D eigenvalue weighted by atomic mass is 9.96. The number of nitrogens with zero attached hydrogens (tertiary/aromatic N) is 1. The fraction of sp³-hybridized carbons (Fsp3) is 0.650. The molecule has 0 aliphatic carbocycles. The smallest absolute Gasteiger partial charge is 0.191 e. The molecule has 1 aromatic rings. The fourth-order valence-corrected chi connectivity index (χ4v) is 3.63. The van der Waals surface area contributed by atoms with Gasteiger partial charge in [-0.1, -0.05) is 24.3 Å². The monoisotopic (exact) mass is 361 g/mol. The van der Waals surface area contributed by atoms with E-state index < -0.39 is 0 Å². The molecule has 0 spiro atoms. The van der Waals surface area contributed by atoms with Crippen molar-refractivity contribution in [2.24, 2.45) is 4.99 Å². The molecule has 2 fully saturated rings. The molecule has 0 amide bonds. The molecule has 3 unspecified atom stereocenters. The van der Waals surface area contributed by atoms with Crippen LogP contribution >= 0.6 is 0 Å². The van der Waals surface area contributed by atoms with E-state index in [-0.39, 0.29) is 0 Å². The fourth-order valence-electron chi connectivity index (χ4n) is 3.63. The predicted octanol–water partition coefficient (Wildman–Crippen LogP) is 2.22. The first-order valence-corrected chi connectivity index (χ1v) is 9.64. The highest BCUT2D eigenvalue weighted by Crippen LogP contribution is 2.34. The molecule has 2 bridgehead atoms. The highest BCUT2D eigenvalue weighted by atomic mass is 16.5. The van der Waals surface area contributed by atoms with Crippen molar-refractivity contribution in [3.05, 3.63) is 35.4 Å². The number of fused-ring (bicyclic) bond motifs is 2. The van der Waals surface area contributed by atoms with Crippen LogP contribution in [0.1, 0.15) is 37.3 Å². The van der Waals surface area contributed by atoms with Gasteiger partial charge < -0.3 is 24.8 Å². The van der Waals surface area contributed by atoms with Crippen molar-refractivity contribution in [2.45, 2.75) is 57.6 Å². The van der Waals surface area contributed by atoms with Gasteiger partial charge in [-0.15, -0.1) is 0 Å². The van der Waals surface area contributed by atoms with Crippen molar-refractivity contribution in [3.63, 3.8) is 0 Å². The van der Waals surface area contributed by atoms with Gasteiger partial charge in [-0.05, 0) is 37.3 Å². The summed E-state index contributed by atoms with van der Waals surface area (Å²) in [5, 5.41) is 6.92. The van der Waals surface area contributed by atoms with Gasteiger partial charge in [-0.25, -0.2) is 0 Å². The topological polar surface area (TPSA) is 64.1 Å². The van der Waals surface area contributed by atoms with Gasteiger partial charge in [0, 0.05) is 20.2 Å². The zero-order chi connectivity index (χ0) is 18.2. The zero-order valence-electron chi connectivity index (χ0n) is 15.9. The van der Waals surface area contributed by atoms with Crippen LogP contribution in [0.5, 0.6) is 0 Å². The molecule has 2 aliphatic heterocycles. The van der Waals surface area contributed by atoms with Crippen LogP contribution in [0.4, 0.5) is 0 Å². The number of hydrogen-bond acceptors (Lipinski definition) is 4. The molecule has 3 rings (SSSR count). The Kier molecular flexibility index (Phi) is 7.29. The second kappa shape index (κ2) is 9.90. The van der Waals surface area contributed by atoms with Gasteiger partial charge in [-0.3, -0.25) is 4.99 Å². The Morgan fingerprint density at radius 2 is 2.08 bits per heavy atom. The SMILES string of the molecule is CCOCCOCc1cccc(CNC(=NC)NC2CC3CCC2O3)c1. The van der Waals surface area contributed by atoms with E-state index in [1.54, 1.807) is 0 Å². The zero-order valence-corrected chi connectivity index (χ0v) is 15.9. The van der Waals surface area contributed by atoms with Gasteiger partial charge in [-0.2, -0.15) is 0 Å². The summed E-state index contributed by atoms with van der Waals surface area (Å²) in [4.78, 5) is 4.35. The Balaban J connectivity index is 1.42. The molecule has 6 heteroatoms. The largest absolute Gasteiger partial charge is 0.379 e. The van der Waals surface area contributed by atoms with Crippen molar-refractivity contribution >= 4 is 5.96 Å². The molecule has 0 saturated carbocycles. The molecular weight excluding hydrogens is 330 g/mol. The Labute approximate surface area is 156 Å². The van der Waals surface area contributed by atoms with Crippen molar-refractivity contribution < 1.29 is 14.2 Å². The number of hydrogen-bond donors (Lipinski definition) is 2. The lowest BCUT2D eigenvalue weighted by molar-refractivity contribution is 0.0453. The molecule has 1 aromatic carbocycles. The number of aliphatic imine (C=N–C) groups is 1. The third-order valence-corrected chi connectivity index (χ3v) is 4.95. The van der Waals surface area contributed by atoms with E-state index in [2.05, 4.69) is 39.9 Å². The van der Waals surface area contributed by atoms with E-state index in [0.29, 0.717) is 38.1 Å². The Morgan fingerprint density at radius 3 is 2.81 bits per heavy atom. The minimum absolute atomic E-state index is 0.343. The quantitative estimate of drug-likeness (QED) is 0.401. The molecule has 0 radical (unpaired) electrons. The number of nitrogens with one attached hydrogen (secondary N) is 2. The second-order valence-electron chi connectivity index (χ2n) is 6.86. The van der Waals surface area contributed by atoms with Gasteiger partial charge >= 0.3 is 0 Å². The molecule has 144 valence electrons. The summed E-state index contributed by atoms with van der Waals surface area (Å²) >= 11 is 0. The highest BCUT2D eigenvalue weighted by molar-refractivity contribution is 5.80. The van der Waals surface area contributed by atoms with Crippen LogP contribution in [0.3, 0.4) is 0 Å². The predicted molar refractivity (Wildman–Crippen MR) is 102 cm³/mol. The average molecular weight is 361 g/mol. The van der Waals surface area contributed by atoms with E-state index in [1.165, 1.54) is 17.5 Å². The third-order valence-electron chi connectivity index (χ3n) is 4.95. The Hall–Kier alpha value is -1.63. The van der Waals surface area contributed by atoms with E-state index in [9.17, 15) is 0 Å². The van der Waals surface area contributed by atoms with Crippen molar-refractivity contribution in [1.29, 1.82) is 0 Å². The molecule has 2 aliphatic rings. The van der Waals surface area contributed by atoms with E-state index >= 15 is 0 Å². The Morgan fingerprint density at radius 1 is 1.23 bits per heavy atom. The van der Waals surface area contributed by atoms with E-state index in [4.69, 9.17) is 14.2 Å². The summed E-state index contributed by atoms with van der Waals surface area (Å²) in [6, 6.07) is 8.82. The van der Waals surface area contributed by atoms with E-state index in [0.717, 1.165) is 32.0 Å². The van der Waals surface area contributed by atoms with Crippen LogP contribution in [0.15, 0.2) is 29.3 Å². The minimum Gasteiger partial charge on any atom is -0.379 e. The second-order valence-corrected chi connectivity index (χ2v) is 6.86. The average Bonchev–Trinajstić information content (AvgIpc) is 3.28. The highest BCUT2D eigenvalue weighted by Gasteiger charge is 2.41. The first kappa shape index (κ1) is 19.1. The number of benzene rings is 1. The van der Waals surface area contributed by atoms with Crippen LogP contribution in [0.25, 0.3) is 0 Å². The summed E-state index contributed by atoms with van der Waals surface area (Å²) < 4.78 is 16.8. The van der Waals surface area contributed by atoms with Gasteiger partial charge in [0.25, 0.3) is 0 Å². The summed E-state index contributed by atoms with van der Waals surface area (Å²) in [5.74, 6) is 0.838. The summed E-state index contributed by atoms with van der Waals surface area (Å²) in [6.07, 6.45) is 4.23. The van der Waals surface area contributed by atoms with Crippen molar-refractivity contribution in [3.8, 4) is 0 Å². The molecule has 6 nitrogen and oxygen atoms in total. The summed E-state index contributed by atoms with van der Waals surface area (Å²) in [6.45, 7) is 5.33. The van der Waals surface area contributed by atoms with Crippen LogP contribution in [-0.2, 0) is 27.4 Å². The normalized spacial score (nSPS) is 24.8. The molecular formula is C20H31N3O3. The molecule has 2 N–H and O–H groups in total. The van der Waals surface area contributed by atoms with Gasteiger partial charge in [0.1, 0.15) is 0 Å². The van der Waals surface area contributed by atoms with Crippen LogP contribution in [-0.4, -0.2) is 51.1 Å². The molecule has 26 heavy (non-hydrogen) atoms. The molecule has 0 aromatic heterocycles. The van der Waals surface area contributed by atoms with Crippen molar-refractivity contribution in [2.75, 3.05) is 26.9 Å². The molecule has 2 heterocycles. The minimum atomic E-state index is 0.343. The lowest BCUT2D eigenvalue weighted by Gasteiger charge is -2.22. The van der Waals surface area contributed by atoms with Crippen LogP contribution < -0.4 is 10.6 Å². The van der Waals surface area contributed by atoms with E-state index in [1.807, 2.05) is 14.0 Å². The van der Waals surface area contributed by atoms with Crippen LogP contribution in [0, 0.1) is 0 Å². The van der Waals surface area contributed by atoms with Gasteiger partial charge in [0.15, 0.2) is 5.96 Å².